The number of methoxy groups -OCH3 is 1. The molecule has 25 heavy (non-hydrogen) atoms. The van der Waals surface area contributed by atoms with E-state index in [0.717, 1.165) is 35.4 Å². The van der Waals surface area contributed by atoms with Crippen molar-refractivity contribution < 1.29 is 14.3 Å². The van der Waals surface area contributed by atoms with Crippen LogP contribution in [0.25, 0.3) is 0 Å². The van der Waals surface area contributed by atoms with E-state index in [1.807, 2.05) is 42.5 Å². The molecule has 0 fully saturated rings. The largest absolute Gasteiger partial charge is 0.493 e. The molecule has 0 bridgehead atoms. The molecule has 1 atom stereocenters. The van der Waals surface area contributed by atoms with Crippen LogP contribution in [-0.2, 0) is 11.2 Å². The highest BCUT2D eigenvalue weighted by Gasteiger charge is 2.21. The van der Waals surface area contributed by atoms with Crippen molar-refractivity contribution in [2.24, 2.45) is 0 Å². The molecule has 5 heteroatoms. The van der Waals surface area contributed by atoms with Crippen molar-refractivity contribution in [3.8, 4) is 5.75 Å². The molecule has 0 saturated heterocycles. The van der Waals surface area contributed by atoms with Gasteiger partial charge in [-0.1, -0.05) is 36.4 Å². The molecule has 1 heterocycles. The van der Waals surface area contributed by atoms with Gasteiger partial charge in [0.1, 0.15) is 5.75 Å². The minimum atomic E-state index is -0.186. The van der Waals surface area contributed by atoms with Gasteiger partial charge >= 0.3 is 6.03 Å². The highest BCUT2D eigenvalue weighted by Crippen LogP contribution is 2.32. The SMILES string of the molecule is COCCc1ccccc1NC(=O)NC[C@H]1CCOc2ccccc21. The molecule has 0 radical (unpaired) electrons. The van der Waals surface area contributed by atoms with Gasteiger partial charge in [0.05, 0.1) is 13.2 Å². The van der Waals surface area contributed by atoms with Crippen LogP contribution in [0.4, 0.5) is 10.5 Å². The van der Waals surface area contributed by atoms with Gasteiger partial charge in [-0.15, -0.1) is 0 Å². The second kappa shape index (κ2) is 8.53. The van der Waals surface area contributed by atoms with Crippen LogP contribution in [0.1, 0.15) is 23.5 Å². The summed E-state index contributed by atoms with van der Waals surface area (Å²) >= 11 is 0. The van der Waals surface area contributed by atoms with Gasteiger partial charge in [-0.3, -0.25) is 0 Å². The summed E-state index contributed by atoms with van der Waals surface area (Å²) in [5.74, 6) is 1.20. The van der Waals surface area contributed by atoms with Crippen molar-refractivity contribution in [2.75, 3.05) is 32.2 Å². The predicted octanol–water partition coefficient (Wildman–Crippen LogP) is 3.56. The summed E-state index contributed by atoms with van der Waals surface area (Å²) in [5.41, 5.74) is 3.05. The fourth-order valence-corrected chi connectivity index (χ4v) is 3.08. The first-order valence-electron chi connectivity index (χ1n) is 8.61. The number of anilines is 1. The second-order valence-corrected chi connectivity index (χ2v) is 6.11. The quantitative estimate of drug-likeness (QED) is 0.845. The first kappa shape index (κ1) is 17.3. The maximum Gasteiger partial charge on any atom is 0.319 e. The first-order valence-corrected chi connectivity index (χ1v) is 8.61. The molecule has 1 aliphatic heterocycles. The lowest BCUT2D eigenvalue weighted by molar-refractivity contribution is 0.202. The van der Waals surface area contributed by atoms with Crippen molar-refractivity contribution in [1.29, 1.82) is 0 Å². The third-order valence-electron chi connectivity index (χ3n) is 4.43. The molecule has 2 aromatic rings. The molecule has 5 nitrogen and oxygen atoms in total. The lowest BCUT2D eigenvalue weighted by atomic mass is 9.93. The van der Waals surface area contributed by atoms with Crippen LogP contribution in [0, 0.1) is 0 Å². The summed E-state index contributed by atoms with van der Waals surface area (Å²) in [6.07, 6.45) is 1.67. The van der Waals surface area contributed by atoms with E-state index in [1.165, 1.54) is 0 Å². The van der Waals surface area contributed by atoms with Crippen LogP contribution in [0.15, 0.2) is 48.5 Å². The standard InChI is InChI=1S/C20H24N2O3/c1-24-12-10-15-6-2-4-8-18(15)22-20(23)21-14-16-11-13-25-19-9-5-3-7-17(16)19/h2-9,16H,10-14H2,1H3,(H2,21,22,23)/t16-/m1/s1. The molecule has 2 N–H and O–H groups in total. The van der Waals surface area contributed by atoms with Crippen molar-refractivity contribution in [3.05, 3.63) is 59.7 Å². The van der Waals surface area contributed by atoms with E-state index in [0.29, 0.717) is 19.8 Å². The zero-order valence-corrected chi connectivity index (χ0v) is 14.5. The Labute approximate surface area is 148 Å². The van der Waals surface area contributed by atoms with Crippen LogP contribution >= 0.6 is 0 Å². The van der Waals surface area contributed by atoms with E-state index in [1.54, 1.807) is 7.11 Å². The Morgan fingerprint density at radius 2 is 2.00 bits per heavy atom. The zero-order chi connectivity index (χ0) is 17.5. The maximum atomic E-state index is 12.3. The normalized spacial score (nSPS) is 15.8. The summed E-state index contributed by atoms with van der Waals surface area (Å²) in [4.78, 5) is 12.3. The van der Waals surface area contributed by atoms with Gasteiger partial charge in [0.15, 0.2) is 0 Å². The monoisotopic (exact) mass is 340 g/mol. The molecule has 0 aliphatic carbocycles. The predicted molar refractivity (Wildman–Crippen MR) is 98.3 cm³/mol. The average molecular weight is 340 g/mol. The van der Waals surface area contributed by atoms with Crippen molar-refractivity contribution in [1.82, 2.24) is 5.32 Å². The lowest BCUT2D eigenvalue weighted by Gasteiger charge is -2.26. The molecule has 0 spiro atoms. The molecular formula is C20H24N2O3. The lowest BCUT2D eigenvalue weighted by Crippen LogP contribution is -2.34. The number of nitrogens with one attached hydrogen (secondary N) is 2. The highest BCUT2D eigenvalue weighted by molar-refractivity contribution is 5.90. The zero-order valence-electron chi connectivity index (χ0n) is 14.5. The molecule has 0 saturated carbocycles. The van der Waals surface area contributed by atoms with E-state index in [9.17, 15) is 4.79 Å². The van der Waals surface area contributed by atoms with Crippen LogP contribution in [-0.4, -0.2) is 32.9 Å². The minimum absolute atomic E-state index is 0.186. The topological polar surface area (TPSA) is 59.6 Å². The highest BCUT2D eigenvalue weighted by atomic mass is 16.5. The summed E-state index contributed by atoms with van der Waals surface area (Å²) in [7, 11) is 1.68. The van der Waals surface area contributed by atoms with E-state index in [4.69, 9.17) is 9.47 Å². The Morgan fingerprint density at radius 3 is 2.88 bits per heavy atom. The van der Waals surface area contributed by atoms with Crippen molar-refractivity contribution in [3.63, 3.8) is 0 Å². The number of hydrogen-bond acceptors (Lipinski definition) is 3. The van der Waals surface area contributed by atoms with Gasteiger partial charge in [-0.05, 0) is 36.1 Å². The van der Waals surface area contributed by atoms with E-state index in [-0.39, 0.29) is 11.9 Å². The van der Waals surface area contributed by atoms with Gasteiger partial charge in [0.25, 0.3) is 0 Å². The Hall–Kier alpha value is -2.53. The Balaban J connectivity index is 1.58. The van der Waals surface area contributed by atoms with Crippen LogP contribution in [0.5, 0.6) is 5.75 Å². The van der Waals surface area contributed by atoms with E-state index >= 15 is 0 Å². The summed E-state index contributed by atoms with van der Waals surface area (Å²) in [6, 6.07) is 15.6. The van der Waals surface area contributed by atoms with Crippen molar-refractivity contribution in [2.45, 2.75) is 18.8 Å². The summed E-state index contributed by atoms with van der Waals surface area (Å²) in [5, 5.41) is 5.93. The molecule has 0 unspecified atom stereocenters. The number of rotatable bonds is 6. The fraction of sp³-hybridized carbons (Fsp3) is 0.350. The van der Waals surface area contributed by atoms with Gasteiger partial charge in [0.2, 0.25) is 0 Å². The Bertz CT molecular complexity index is 718. The molecule has 2 aromatic carbocycles. The molecular weight excluding hydrogens is 316 g/mol. The van der Waals surface area contributed by atoms with Gasteiger partial charge in [-0.25, -0.2) is 4.79 Å². The van der Waals surface area contributed by atoms with Gasteiger partial charge in [-0.2, -0.15) is 0 Å². The summed E-state index contributed by atoms with van der Waals surface area (Å²) in [6.45, 7) is 1.90. The number of amides is 2. The minimum Gasteiger partial charge on any atom is -0.493 e. The first-order chi connectivity index (χ1) is 12.3. The number of carbonyl (C=O) groups excluding carboxylic acids is 1. The number of para-hydroxylation sites is 2. The number of benzene rings is 2. The molecule has 3 rings (SSSR count). The molecule has 132 valence electrons. The second-order valence-electron chi connectivity index (χ2n) is 6.11. The third kappa shape index (κ3) is 4.51. The fourth-order valence-electron chi connectivity index (χ4n) is 3.08. The van der Waals surface area contributed by atoms with Crippen LogP contribution in [0.3, 0.4) is 0 Å². The Morgan fingerprint density at radius 1 is 1.20 bits per heavy atom. The maximum absolute atomic E-state index is 12.3. The average Bonchev–Trinajstić information content (AvgIpc) is 2.65. The number of urea groups is 1. The van der Waals surface area contributed by atoms with Crippen LogP contribution < -0.4 is 15.4 Å². The third-order valence-corrected chi connectivity index (χ3v) is 4.43. The van der Waals surface area contributed by atoms with E-state index in [2.05, 4.69) is 16.7 Å². The van der Waals surface area contributed by atoms with Crippen LogP contribution in [0.2, 0.25) is 0 Å². The smallest absolute Gasteiger partial charge is 0.319 e. The van der Waals surface area contributed by atoms with Crippen molar-refractivity contribution >= 4 is 11.7 Å². The Kier molecular flexibility index (Phi) is 5.90. The number of fused-ring (bicyclic) bond motifs is 1. The number of carbonyl (C=O) groups is 1. The molecule has 1 aliphatic rings. The van der Waals surface area contributed by atoms with E-state index < -0.39 is 0 Å². The van der Waals surface area contributed by atoms with Gasteiger partial charge < -0.3 is 20.1 Å². The number of hydrogen-bond donors (Lipinski definition) is 2. The molecule has 0 aromatic heterocycles. The van der Waals surface area contributed by atoms with Gasteiger partial charge in [0, 0.05) is 25.3 Å². The molecule has 2 amide bonds. The number of ether oxygens (including phenoxy) is 2. The summed E-state index contributed by atoms with van der Waals surface area (Å²) < 4.78 is 10.8.